The van der Waals surface area contributed by atoms with Crippen LogP contribution in [0.15, 0.2) is 21.1 Å². The van der Waals surface area contributed by atoms with Gasteiger partial charge in [0.25, 0.3) is 0 Å². The van der Waals surface area contributed by atoms with Crippen molar-refractivity contribution >= 4 is 47.8 Å². The molecule has 0 aliphatic rings. The van der Waals surface area contributed by atoms with Gasteiger partial charge in [0.1, 0.15) is 11.9 Å². The van der Waals surface area contributed by atoms with Gasteiger partial charge in [0, 0.05) is 5.33 Å². The summed E-state index contributed by atoms with van der Waals surface area (Å²) in [4.78, 5) is 0. The highest BCUT2D eigenvalue weighted by Gasteiger charge is 2.19. The SMILES string of the molecule is Oc1c(Br)cc(C(O)C(O)CBr)cc1Br. The number of rotatable bonds is 3. The summed E-state index contributed by atoms with van der Waals surface area (Å²) in [6.45, 7) is 0. The summed E-state index contributed by atoms with van der Waals surface area (Å²) < 4.78 is 0.931. The van der Waals surface area contributed by atoms with Crippen LogP contribution in [0.4, 0.5) is 0 Å². The Hall–Kier alpha value is 0.380. The van der Waals surface area contributed by atoms with Crippen LogP contribution in [0.3, 0.4) is 0 Å². The van der Waals surface area contributed by atoms with Crippen molar-refractivity contribution in [1.82, 2.24) is 0 Å². The van der Waals surface area contributed by atoms with Gasteiger partial charge in [0.2, 0.25) is 0 Å². The first kappa shape index (κ1) is 13.4. The molecule has 84 valence electrons. The van der Waals surface area contributed by atoms with Gasteiger partial charge in [0.05, 0.1) is 15.0 Å². The highest BCUT2D eigenvalue weighted by molar-refractivity contribution is 9.11. The molecule has 0 fully saturated rings. The third kappa shape index (κ3) is 3.17. The van der Waals surface area contributed by atoms with Gasteiger partial charge in [-0.2, -0.15) is 0 Å². The number of phenolic OH excluding ortho intramolecular Hbond substituents is 1. The lowest BCUT2D eigenvalue weighted by Gasteiger charge is -2.17. The van der Waals surface area contributed by atoms with E-state index < -0.39 is 12.2 Å². The van der Waals surface area contributed by atoms with E-state index in [2.05, 4.69) is 47.8 Å². The Morgan fingerprint density at radius 2 is 1.60 bits per heavy atom. The van der Waals surface area contributed by atoms with Crippen molar-refractivity contribution in [2.75, 3.05) is 5.33 Å². The van der Waals surface area contributed by atoms with Crippen LogP contribution >= 0.6 is 47.8 Å². The molecule has 15 heavy (non-hydrogen) atoms. The number of hydrogen-bond donors (Lipinski definition) is 3. The molecule has 2 unspecified atom stereocenters. The molecule has 6 heteroatoms. The van der Waals surface area contributed by atoms with Crippen molar-refractivity contribution in [3.05, 3.63) is 26.6 Å². The summed E-state index contributed by atoms with van der Waals surface area (Å²) in [6.07, 6.45) is -1.87. The molecule has 0 heterocycles. The zero-order valence-electron chi connectivity index (χ0n) is 7.49. The van der Waals surface area contributed by atoms with Crippen LogP contribution in [0.25, 0.3) is 0 Å². The first-order chi connectivity index (χ1) is 6.97. The summed E-state index contributed by atoms with van der Waals surface area (Å²) in [7, 11) is 0. The number of aliphatic hydroxyl groups is 2. The summed E-state index contributed by atoms with van der Waals surface area (Å²) in [6, 6.07) is 3.13. The van der Waals surface area contributed by atoms with Crippen molar-refractivity contribution in [3.63, 3.8) is 0 Å². The van der Waals surface area contributed by atoms with Crippen molar-refractivity contribution < 1.29 is 15.3 Å². The van der Waals surface area contributed by atoms with Crippen LogP contribution < -0.4 is 0 Å². The quantitative estimate of drug-likeness (QED) is 0.679. The zero-order chi connectivity index (χ0) is 11.6. The molecule has 3 nitrogen and oxygen atoms in total. The number of aliphatic hydroxyl groups excluding tert-OH is 2. The molecule has 1 rings (SSSR count). The van der Waals surface area contributed by atoms with E-state index >= 15 is 0 Å². The zero-order valence-corrected chi connectivity index (χ0v) is 12.3. The number of benzene rings is 1. The van der Waals surface area contributed by atoms with Crippen LogP contribution in [0.5, 0.6) is 5.75 Å². The summed E-state index contributed by atoms with van der Waals surface area (Å²) in [5, 5.41) is 28.9. The third-order valence-electron chi connectivity index (χ3n) is 1.90. The van der Waals surface area contributed by atoms with Gasteiger partial charge in [-0.25, -0.2) is 0 Å². The molecule has 1 aromatic rings. The van der Waals surface area contributed by atoms with E-state index in [1.54, 1.807) is 12.1 Å². The molecule has 0 aromatic heterocycles. The van der Waals surface area contributed by atoms with Crippen molar-refractivity contribution in [2.45, 2.75) is 12.2 Å². The molecule has 1 aromatic carbocycles. The minimum Gasteiger partial charge on any atom is -0.506 e. The van der Waals surface area contributed by atoms with E-state index in [1.165, 1.54) is 0 Å². The smallest absolute Gasteiger partial charge is 0.143 e. The third-order valence-corrected chi connectivity index (χ3v) is 3.78. The molecule has 2 atom stereocenters. The maximum Gasteiger partial charge on any atom is 0.143 e. The highest BCUT2D eigenvalue weighted by Crippen LogP contribution is 2.35. The van der Waals surface area contributed by atoms with Gasteiger partial charge in [-0.15, -0.1) is 0 Å². The van der Waals surface area contributed by atoms with Gasteiger partial charge in [-0.1, -0.05) is 15.9 Å². The maximum absolute atomic E-state index is 9.73. The van der Waals surface area contributed by atoms with Crippen molar-refractivity contribution in [2.24, 2.45) is 0 Å². The fourth-order valence-electron chi connectivity index (χ4n) is 1.06. The largest absolute Gasteiger partial charge is 0.506 e. The van der Waals surface area contributed by atoms with Crippen molar-refractivity contribution in [1.29, 1.82) is 0 Å². The molecule has 0 saturated heterocycles. The molecule has 0 bridgehead atoms. The monoisotopic (exact) mass is 402 g/mol. The van der Waals surface area contributed by atoms with Gasteiger partial charge in [-0.3, -0.25) is 0 Å². The van der Waals surface area contributed by atoms with Crippen LogP contribution in [-0.4, -0.2) is 26.8 Å². The lowest BCUT2D eigenvalue weighted by Crippen LogP contribution is -2.19. The van der Waals surface area contributed by atoms with E-state index in [1.807, 2.05) is 0 Å². The molecular formula is C9H9Br3O3. The predicted octanol–water partition coefficient (Wildman–Crippen LogP) is 2.71. The Bertz CT molecular complexity index is 333. The summed E-state index contributed by atoms with van der Waals surface area (Å²) in [5.74, 6) is 0.0688. The molecule has 0 spiro atoms. The Morgan fingerprint density at radius 3 is 2.00 bits per heavy atom. The standard InChI is InChI=1S/C9H9Br3O3/c10-3-7(13)8(14)4-1-5(11)9(15)6(12)2-4/h1-2,7-8,13-15H,3H2. The number of alkyl halides is 1. The average Bonchev–Trinajstić information content (AvgIpc) is 2.23. The molecule has 0 aliphatic carbocycles. The normalized spacial score (nSPS) is 15.0. The van der Waals surface area contributed by atoms with Crippen LogP contribution in [0.2, 0.25) is 0 Å². The topological polar surface area (TPSA) is 60.7 Å². The molecular weight excluding hydrogens is 396 g/mol. The summed E-state index contributed by atoms with van der Waals surface area (Å²) in [5.41, 5.74) is 0.526. The fourth-order valence-corrected chi connectivity index (χ4v) is 2.64. The number of aromatic hydroxyl groups is 1. The van der Waals surface area contributed by atoms with Gasteiger partial charge >= 0.3 is 0 Å². The molecule has 0 aliphatic heterocycles. The number of phenols is 1. The van der Waals surface area contributed by atoms with E-state index in [9.17, 15) is 15.3 Å². The van der Waals surface area contributed by atoms with Gasteiger partial charge < -0.3 is 15.3 Å². The second-order valence-electron chi connectivity index (χ2n) is 3.00. The van der Waals surface area contributed by atoms with Crippen LogP contribution in [0, 0.1) is 0 Å². The van der Waals surface area contributed by atoms with Gasteiger partial charge in [0.15, 0.2) is 0 Å². The average molecular weight is 405 g/mol. The highest BCUT2D eigenvalue weighted by atomic mass is 79.9. The molecule has 0 saturated carbocycles. The van der Waals surface area contributed by atoms with Gasteiger partial charge in [-0.05, 0) is 49.6 Å². The minimum atomic E-state index is -0.988. The summed E-state index contributed by atoms with van der Waals surface area (Å²) >= 11 is 9.38. The number of halogens is 3. The van der Waals surface area contributed by atoms with E-state index in [4.69, 9.17) is 0 Å². The maximum atomic E-state index is 9.73. The van der Waals surface area contributed by atoms with E-state index in [0.29, 0.717) is 14.5 Å². The molecule has 3 N–H and O–H groups in total. The van der Waals surface area contributed by atoms with E-state index in [-0.39, 0.29) is 11.1 Å². The lowest BCUT2D eigenvalue weighted by atomic mass is 10.1. The Kier molecular flexibility index (Phi) is 5.05. The Morgan fingerprint density at radius 1 is 1.13 bits per heavy atom. The number of hydrogen-bond acceptors (Lipinski definition) is 3. The van der Waals surface area contributed by atoms with Crippen LogP contribution in [0.1, 0.15) is 11.7 Å². The Balaban J connectivity index is 3.06. The second kappa shape index (κ2) is 5.63. The van der Waals surface area contributed by atoms with Crippen molar-refractivity contribution in [3.8, 4) is 5.75 Å². The first-order valence-corrected chi connectivity index (χ1v) is 6.78. The fraction of sp³-hybridized carbons (Fsp3) is 0.333. The first-order valence-electron chi connectivity index (χ1n) is 4.07. The van der Waals surface area contributed by atoms with Crippen LogP contribution in [-0.2, 0) is 0 Å². The Labute approximate surface area is 113 Å². The van der Waals surface area contributed by atoms with E-state index in [0.717, 1.165) is 0 Å². The lowest BCUT2D eigenvalue weighted by molar-refractivity contribution is 0.0342. The second-order valence-corrected chi connectivity index (χ2v) is 5.36. The predicted molar refractivity (Wildman–Crippen MR) is 68.3 cm³/mol. The minimum absolute atomic E-state index is 0.0688. The molecule has 0 amide bonds. The molecule has 0 radical (unpaired) electrons.